The van der Waals surface area contributed by atoms with E-state index >= 15 is 0 Å². The topological polar surface area (TPSA) is 48.0 Å². The maximum atomic E-state index is 11.4. The average molecular weight is 243 g/mol. The molecule has 0 bridgehead atoms. The molecule has 0 spiro atoms. The molecule has 0 aromatic rings. The van der Waals surface area contributed by atoms with Crippen LogP contribution >= 0.6 is 0 Å². The van der Waals surface area contributed by atoms with Gasteiger partial charge in [0.25, 0.3) is 0 Å². The van der Waals surface area contributed by atoms with Crippen molar-refractivity contribution in [3.05, 3.63) is 12.2 Å². The molecule has 0 aromatic heterocycles. The largest absolute Gasteiger partial charge is 0.453 e. The highest BCUT2D eigenvalue weighted by Gasteiger charge is 2.30. The molecule has 5 nitrogen and oxygen atoms in total. The molecule has 1 aliphatic rings. The van der Waals surface area contributed by atoms with E-state index in [2.05, 4.69) is 4.74 Å². The summed E-state index contributed by atoms with van der Waals surface area (Å²) >= 11 is 0. The summed E-state index contributed by atoms with van der Waals surface area (Å²) < 4.78 is 15.9. The Labute approximate surface area is 102 Å². The maximum Gasteiger partial charge on any atom is 0.409 e. The third kappa shape index (κ3) is 3.71. The van der Waals surface area contributed by atoms with E-state index in [1.165, 1.54) is 12.0 Å². The number of methoxy groups -OCH3 is 1. The van der Waals surface area contributed by atoms with E-state index in [4.69, 9.17) is 9.47 Å². The molecule has 0 radical (unpaired) electrons. The van der Waals surface area contributed by atoms with Gasteiger partial charge in [-0.15, -0.1) is 0 Å². The molecule has 5 heteroatoms. The SMILES string of the molecule is COC(=O)N(C)[C@H]1C=C[C@@H](OC(C)C)O[C@@H]1C. The minimum absolute atomic E-state index is 0.103. The van der Waals surface area contributed by atoms with Crippen molar-refractivity contribution in [2.24, 2.45) is 0 Å². The van der Waals surface area contributed by atoms with Gasteiger partial charge < -0.3 is 19.1 Å². The Bertz CT molecular complexity index is 290. The van der Waals surface area contributed by atoms with Gasteiger partial charge in [-0.05, 0) is 26.8 Å². The Balaban J connectivity index is 2.63. The third-order valence-corrected chi connectivity index (χ3v) is 2.61. The summed E-state index contributed by atoms with van der Waals surface area (Å²) in [7, 11) is 3.05. The van der Waals surface area contributed by atoms with Crippen molar-refractivity contribution in [1.82, 2.24) is 4.90 Å². The zero-order chi connectivity index (χ0) is 13.0. The summed E-state index contributed by atoms with van der Waals surface area (Å²) in [5.74, 6) is 0. The third-order valence-electron chi connectivity index (χ3n) is 2.61. The second-order valence-electron chi connectivity index (χ2n) is 4.35. The molecule has 3 atom stereocenters. The number of carbonyl (C=O) groups is 1. The van der Waals surface area contributed by atoms with Gasteiger partial charge in [0.15, 0.2) is 6.29 Å². The molecule has 98 valence electrons. The van der Waals surface area contributed by atoms with Gasteiger partial charge in [0.05, 0.1) is 25.4 Å². The lowest BCUT2D eigenvalue weighted by Crippen LogP contribution is -2.47. The predicted molar refractivity (Wildman–Crippen MR) is 63.7 cm³/mol. The van der Waals surface area contributed by atoms with Crippen molar-refractivity contribution in [3.8, 4) is 0 Å². The molecule has 1 rings (SSSR count). The number of ether oxygens (including phenoxy) is 3. The van der Waals surface area contributed by atoms with Gasteiger partial charge in [-0.25, -0.2) is 4.79 Å². The average Bonchev–Trinajstić information content (AvgIpc) is 2.26. The number of carbonyl (C=O) groups excluding carboxylic acids is 1. The van der Waals surface area contributed by atoms with Gasteiger partial charge in [-0.2, -0.15) is 0 Å². The van der Waals surface area contributed by atoms with Crippen LogP contribution in [0.5, 0.6) is 0 Å². The monoisotopic (exact) mass is 243 g/mol. The van der Waals surface area contributed by atoms with Gasteiger partial charge >= 0.3 is 6.09 Å². The highest BCUT2D eigenvalue weighted by atomic mass is 16.7. The second-order valence-corrected chi connectivity index (χ2v) is 4.35. The van der Waals surface area contributed by atoms with E-state index in [9.17, 15) is 4.79 Å². The van der Waals surface area contributed by atoms with Gasteiger partial charge in [0.1, 0.15) is 0 Å². The quantitative estimate of drug-likeness (QED) is 0.709. The fourth-order valence-electron chi connectivity index (χ4n) is 1.75. The van der Waals surface area contributed by atoms with Gasteiger partial charge in [0, 0.05) is 7.05 Å². The molecule has 0 N–H and O–H groups in total. The van der Waals surface area contributed by atoms with Crippen LogP contribution in [0, 0.1) is 0 Å². The standard InChI is InChI=1S/C12H21NO4/c1-8(2)16-11-7-6-10(9(3)17-11)13(4)12(14)15-5/h6-11H,1-5H3/t9-,10+,11+/m1/s1. The highest BCUT2D eigenvalue weighted by Crippen LogP contribution is 2.19. The molecule has 0 fully saturated rings. The highest BCUT2D eigenvalue weighted by molar-refractivity contribution is 5.67. The smallest absolute Gasteiger partial charge is 0.409 e. The minimum Gasteiger partial charge on any atom is -0.453 e. The summed E-state index contributed by atoms with van der Waals surface area (Å²) in [4.78, 5) is 12.9. The van der Waals surface area contributed by atoms with Crippen LogP contribution in [0.3, 0.4) is 0 Å². The van der Waals surface area contributed by atoms with E-state index in [-0.39, 0.29) is 30.6 Å². The van der Waals surface area contributed by atoms with Crippen molar-refractivity contribution in [1.29, 1.82) is 0 Å². The Morgan fingerprint density at radius 1 is 1.41 bits per heavy atom. The molecule has 17 heavy (non-hydrogen) atoms. The van der Waals surface area contributed by atoms with Crippen molar-refractivity contribution < 1.29 is 19.0 Å². The number of likely N-dealkylation sites (N-methyl/N-ethyl adjacent to an activating group) is 1. The van der Waals surface area contributed by atoms with Crippen LogP contribution in [-0.4, -0.2) is 49.7 Å². The zero-order valence-corrected chi connectivity index (χ0v) is 11.0. The molecule has 0 unspecified atom stereocenters. The van der Waals surface area contributed by atoms with Crippen molar-refractivity contribution in [3.63, 3.8) is 0 Å². The molecular formula is C12H21NO4. The zero-order valence-electron chi connectivity index (χ0n) is 11.0. The van der Waals surface area contributed by atoms with Crippen LogP contribution < -0.4 is 0 Å². The molecule has 1 amide bonds. The molecule has 0 aromatic carbocycles. The lowest BCUT2D eigenvalue weighted by atomic mass is 10.1. The first-order valence-corrected chi connectivity index (χ1v) is 5.75. The number of amides is 1. The Morgan fingerprint density at radius 2 is 2.06 bits per heavy atom. The Kier molecular flexibility index (Phi) is 4.96. The van der Waals surface area contributed by atoms with Crippen LogP contribution in [-0.2, 0) is 14.2 Å². The van der Waals surface area contributed by atoms with E-state index in [0.717, 1.165) is 0 Å². The van der Waals surface area contributed by atoms with Crippen molar-refractivity contribution >= 4 is 6.09 Å². The van der Waals surface area contributed by atoms with Crippen LogP contribution in [0.1, 0.15) is 20.8 Å². The predicted octanol–water partition coefficient (Wildman–Crippen LogP) is 1.78. The molecule has 1 aliphatic heterocycles. The first-order chi connectivity index (χ1) is 7.95. The van der Waals surface area contributed by atoms with Crippen molar-refractivity contribution in [2.75, 3.05) is 14.2 Å². The van der Waals surface area contributed by atoms with E-state index in [1.807, 2.05) is 32.9 Å². The van der Waals surface area contributed by atoms with Crippen LogP contribution in [0.15, 0.2) is 12.2 Å². The molecule has 1 heterocycles. The number of hydrogen-bond donors (Lipinski definition) is 0. The van der Waals surface area contributed by atoms with Crippen LogP contribution in [0.25, 0.3) is 0 Å². The first-order valence-electron chi connectivity index (χ1n) is 5.75. The summed E-state index contributed by atoms with van der Waals surface area (Å²) in [6.07, 6.45) is 2.99. The lowest BCUT2D eigenvalue weighted by molar-refractivity contribution is -0.171. The minimum atomic E-state index is -0.377. The fourth-order valence-corrected chi connectivity index (χ4v) is 1.75. The fraction of sp³-hybridized carbons (Fsp3) is 0.750. The Morgan fingerprint density at radius 3 is 2.53 bits per heavy atom. The molecular weight excluding hydrogens is 222 g/mol. The second kappa shape index (κ2) is 6.02. The molecule has 0 saturated heterocycles. The van der Waals surface area contributed by atoms with Gasteiger partial charge in [0.2, 0.25) is 0 Å². The number of rotatable bonds is 3. The summed E-state index contributed by atoms with van der Waals surface area (Å²) in [6, 6.07) is -0.130. The van der Waals surface area contributed by atoms with Crippen LogP contribution in [0.2, 0.25) is 0 Å². The van der Waals surface area contributed by atoms with E-state index in [0.29, 0.717) is 0 Å². The summed E-state index contributed by atoms with van der Waals surface area (Å²) in [5.41, 5.74) is 0. The normalized spacial score (nSPS) is 28.2. The van der Waals surface area contributed by atoms with Gasteiger partial charge in [-0.3, -0.25) is 0 Å². The summed E-state index contributed by atoms with van der Waals surface area (Å²) in [6.45, 7) is 5.81. The van der Waals surface area contributed by atoms with Crippen LogP contribution in [0.4, 0.5) is 4.79 Å². The number of nitrogens with zero attached hydrogens (tertiary/aromatic N) is 1. The lowest BCUT2D eigenvalue weighted by Gasteiger charge is -2.35. The molecule has 0 saturated carbocycles. The van der Waals surface area contributed by atoms with E-state index < -0.39 is 0 Å². The Hall–Kier alpha value is -1.07. The van der Waals surface area contributed by atoms with Gasteiger partial charge in [-0.1, -0.05) is 6.08 Å². The maximum absolute atomic E-state index is 11.4. The molecule has 0 aliphatic carbocycles. The van der Waals surface area contributed by atoms with E-state index in [1.54, 1.807) is 7.05 Å². The number of hydrogen-bond acceptors (Lipinski definition) is 4. The summed E-state index contributed by atoms with van der Waals surface area (Å²) in [5, 5.41) is 0. The van der Waals surface area contributed by atoms with Crippen molar-refractivity contribution in [2.45, 2.75) is 45.3 Å². The first kappa shape index (κ1) is 14.0.